The van der Waals surface area contributed by atoms with Crippen molar-refractivity contribution in [3.05, 3.63) is 0 Å². The average molecular weight is 359 g/mol. The van der Waals surface area contributed by atoms with Crippen LogP contribution in [-0.4, -0.2) is 24.9 Å². The highest BCUT2D eigenvalue weighted by Crippen LogP contribution is 2.31. The van der Waals surface area contributed by atoms with Gasteiger partial charge in [0, 0.05) is 0 Å². The summed E-state index contributed by atoms with van der Waals surface area (Å²) >= 11 is 0. The molecule has 0 heterocycles. The van der Waals surface area contributed by atoms with E-state index in [0.29, 0.717) is 13.2 Å². The summed E-state index contributed by atoms with van der Waals surface area (Å²) in [5.41, 5.74) is -0.431. The highest BCUT2D eigenvalue weighted by atomic mass is 17.2. The molecule has 0 spiro atoms. The van der Waals surface area contributed by atoms with E-state index in [1.807, 2.05) is 0 Å². The molecular formula is C21H42O4. The zero-order valence-electron chi connectivity index (χ0n) is 17.0. The van der Waals surface area contributed by atoms with E-state index in [-0.39, 0.29) is 6.10 Å². The largest absolute Gasteiger partial charge is 0.236 e. The lowest BCUT2D eigenvalue weighted by Gasteiger charge is -2.35. The van der Waals surface area contributed by atoms with E-state index in [1.54, 1.807) is 0 Å². The lowest BCUT2D eigenvalue weighted by molar-refractivity contribution is -0.421. The van der Waals surface area contributed by atoms with Crippen LogP contribution in [0.5, 0.6) is 0 Å². The van der Waals surface area contributed by atoms with Gasteiger partial charge in [-0.3, -0.25) is 0 Å². The van der Waals surface area contributed by atoms with E-state index in [0.717, 1.165) is 51.4 Å². The van der Waals surface area contributed by atoms with Crippen molar-refractivity contribution in [2.75, 3.05) is 13.2 Å². The highest BCUT2D eigenvalue weighted by molar-refractivity contribution is 4.84. The van der Waals surface area contributed by atoms with Crippen LogP contribution in [0.25, 0.3) is 0 Å². The first-order valence-electron chi connectivity index (χ1n) is 10.8. The van der Waals surface area contributed by atoms with Gasteiger partial charge >= 0.3 is 0 Å². The fourth-order valence-corrected chi connectivity index (χ4v) is 3.29. The Morgan fingerprint density at radius 3 is 1.96 bits per heavy atom. The molecule has 150 valence electrons. The molecule has 1 rings (SSSR count). The first kappa shape index (κ1) is 22.9. The Morgan fingerprint density at radius 1 is 0.760 bits per heavy atom. The third kappa shape index (κ3) is 10.5. The maximum atomic E-state index is 5.94. The second-order valence-electron chi connectivity index (χ2n) is 7.70. The van der Waals surface area contributed by atoms with Crippen molar-refractivity contribution in [1.82, 2.24) is 0 Å². The van der Waals surface area contributed by atoms with Crippen LogP contribution in [0.1, 0.15) is 111 Å². The molecule has 25 heavy (non-hydrogen) atoms. The predicted molar refractivity (Wildman–Crippen MR) is 102 cm³/mol. The Balaban J connectivity index is 2.64. The molecule has 1 fully saturated rings. The Kier molecular flexibility index (Phi) is 13.7. The zero-order valence-corrected chi connectivity index (χ0v) is 17.0. The molecule has 0 aromatic heterocycles. The monoisotopic (exact) mass is 358 g/mol. The average Bonchev–Trinajstić information content (AvgIpc) is 2.61. The van der Waals surface area contributed by atoms with E-state index in [1.165, 1.54) is 38.5 Å². The van der Waals surface area contributed by atoms with Crippen LogP contribution in [0.4, 0.5) is 0 Å². The van der Waals surface area contributed by atoms with E-state index < -0.39 is 5.60 Å². The molecular weight excluding hydrogens is 316 g/mol. The van der Waals surface area contributed by atoms with Gasteiger partial charge in [-0.05, 0) is 32.6 Å². The number of hydrogen-bond acceptors (Lipinski definition) is 4. The third-order valence-corrected chi connectivity index (χ3v) is 5.17. The van der Waals surface area contributed by atoms with Gasteiger partial charge < -0.3 is 0 Å². The molecule has 2 unspecified atom stereocenters. The van der Waals surface area contributed by atoms with E-state index in [4.69, 9.17) is 19.6 Å². The lowest BCUT2D eigenvalue weighted by atomic mass is 9.88. The van der Waals surface area contributed by atoms with Crippen LogP contribution in [0.2, 0.25) is 0 Å². The number of rotatable bonds is 10. The summed E-state index contributed by atoms with van der Waals surface area (Å²) in [4.78, 5) is 22.9. The van der Waals surface area contributed by atoms with Crippen molar-refractivity contribution < 1.29 is 19.6 Å². The second kappa shape index (κ2) is 15.0. The van der Waals surface area contributed by atoms with E-state index >= 15 is 0 Å². The summed E-state index contributed by atoms with van der Waals surface area (Å²) in [5, 5.41) is 0. The fourth-order valence-electron chi connectivity index (χ4n) is 3.29. The van der Waals surface area contributed by atoms with Crippen molar-refractivity contribution >= 4 is 0 Å². The predicted octanol–water partition coefficient (Wildman–Crippen LogP) is 6.52. The molecule has 0 bridgehead atoms. The van der Waals surface area contributed by atoms with E-state index in [2.05, 4.69) is 20.8 Å². The van der Waals surface area contributed by atoms with Crippen LogP contribution >= 0.6 is 0 Å². The van der Waals surface area contributed by atoms with Gasteiger partial charge in [-0.1, -0.05) is 78.1 Å². The van der Waals surface area contributed by atoms with Gasteiger partial charge in [0.1, 0.15) is 11.7 Å². The number of unbranched alkanes of at least 4 members (excludes halogenated alkanes) is 2. The lowest BCUT2D eigenvalue weighted by Crippen LogP contribution is -2.44. The van der Waals surface area contributed by atoms with Crippen LogP contribution < -0.4 is 0 Å². The van der Waals surface area contributed by atoms with Gasteiger partial charge in [-0.25, -0.2) is 19.6 Å². The van der Waals surface area contributed by atoms with Gasteiger partial charge in [0.2, 0.25) is 0 Å². The van der Waals surface area contributed by atoms with Crippen LogP contribution in [0, 0.1) is 0 Å². The summed E-state index contributed by atoms with van der Waals surface area (Å²) in [5.74, 6) is 0. The quantitative estimate of drug-likeness (QED) is 0.253. The molecule has 0 aromatic carbocycles. The van der Waals surface area contributed by atoms with Gasteiger partial charge in [0.15, 0.2) is 0 Å². The van der Waals surface area contributed by atoms with Crippen molar-refractivity contribution in [3.8, 4) is 0 Å². The Morgan fingerprint density at radius 2 is 1.32 bits per heavy atom. The normalized spacial score (nSPS) is 26.8. The topological polar surface area (TPSA) is 36.9 Å². The maximum absolute atomic E-state index is 5.94. The molecule has 0 amide bonds. The summed E-state index contributed by atoms with van der Waals surface area (Å²) in [6, 6.07) is 0. The summed E-state index contributed by atoms with van der Waals surface area (Å²) in [7, 11) is 0. The summed E-state index contributed by atoms with van der Waals surface area (Å²) in [6.45, 7) is 7.76. The molecule has 0 N–H and O–H groups in total. The molecule has 1 aliphatic carbocycles. The second-order valence-corrected chi connectivity index (χ2v) is 7.70. The Bertz CT molecular complexity index is 292. The van der Waals surface area contributed by atoms with Crippen LogP contribution in [-0.2, 0) is 19.6 Å². The van der Waals surface area contributed by atoms with Crippen molar-refractivity contribution in [2.45, 2.75) is 122 Å². The van der Waals surface area contributed by atoms with Crippen molar-refractivity contribution in [3.63, 3.8) is 0 Å². The highest BCUT2D eigenvalue weighted by Gasteiger charge is 2.38. The smallest absolute Gasteiger partial charge is 0.130 e. The molecule has 0 saturated heterocycles. The zero-order chi connectivity index (χ0) is 18.2. The van der Waals surface area contributed by atoms with Crippen molar-refractivity contribution in [2.24, 2.45) is 0 Å². The van der Waals surface area contributed by atoms with E-state index in [9.17, 15) is 0 Å². The third-order valence-electron chi connectivity index (χ3n) is 5.17. The Hall–Kier alpha value is -0.160. The van der Waals surface area contributed by atoms with Gasteiger partial charge in [0.05, 0.1) is 13.2 Å². The summed E-state index contributed by atoms with van der Waals surface area (Å²) < 4.78 is 0. The molecule has 0 radical (unpaired) electrons. The first-order chi connectivity index (χ1) is 12.2. The molecule has 2 atom stereocenters. The minimum Gasteiger partial charge on any atom is -0.236 e. The number of hydrogen-bond donors (Lipinski definition) is 0. The molecule has 0 aromatic rings. The minimum absolute atomic E-state index is 0.0644. The first-order valence-corrected chi connectivity index (χ1v) is 10.8. The Labute approximate surface area is 155 Å². The SMILES string of the molecule is CCCCOOC1CCCCCCCCCCC1(C)OOCCCC. The maximum Gasteiger partial charge on any atom is 0.130 e. The minimum atomic E-state index is -0.431. The van der Waals surface area contributed by atoms with Gasteiger partial charge in [-0.2, -0.15) is 0 Å². The van der Waals surface area contributed by atoms with Gasteiger partial charge in [-0.15, -0.1) is 0 Å². The van der Waals surface area contributed by atoms with Gasteiger partial charge in [0.25, 0.3) is 0 Å². The standard InChI is InChI=1S/C21H42O4/c1-4-6-18-22-24-20-16-14-12-10-8-9-11-13-15-17-21(20,3)25-23-19-7-5-2/h20H,4-19H2,1-3H3. The van der Waals surface area contributed by atoms with Crippen molar-refractivity contribution in [1.29, 1.82) is 0 Å². The molecule has 4 nitrogen and oxygen atoms in total. The molecule has 4 heteroatoms. The molecule has 0 aliphatic heterocycles. The fraction of sp³-hybridized carbons (Fsp3) is 1.00. The molecule has 1 saturated carbocycles. The van der Waals surface area contributed by atoms with Crippen LogP contribution in [0.3, 0.4) is 0 Å². The summed E-state index contributed by atoms with van der Waals surface area (Å²) in [6.07, 6.45) is 16.4. The van der Waals surface area contributed by atoms with Crippen LogP contribution in [0.15, 0.2) is 0 Å². The molecule has 1 aliphatic rings.